The van der Waals surface area contributed by atoms with Crippen LogP contribution in [0.5, 0.6) is 0 Å². The lowest BCUT2D eigenvalue weighted by Gasteiger charge is -2.37. The third kappa shape index (κ3) is 2.94. The van der Waals surface area contributed by atoms with Crippen LogP contribution in [-0.2, 0) is 10.3 Å². The standard InChI is InChI=1S/C24H22ClNO/c1-16-15-26(23(27)22(16)18-8-5-4-6-9-18)24(2,3)19-13-12-17-10-7-11-21(25)20(17)14-19/h4-14H,15H2,1-3H3. The van der Waals surface area contributed by atoms with Crippen LogP contribution >= 0.6 is 11.6 Å². The number of carbonyl (C=O) groups excluding carboxylic acids is 1. The SMILES string of the molecule is CC1=C(c2ccccc2)C(=O)N(C(C)(C)c2ccc3cccc(Cl)c3c2)C1. The van der Waals surface area contributed by atoms with Crippen molar-refractivity contribution in [1.29, 1.82) is 0 Å². The average molecular weight is 376 g/mol. The van der Waals surface area contributed by atoms with E-state index >= 15 is 0 Å². The lowest BCUT2D eigenvalue weighted by atomic mass is 9.90. The van der Waals surface area contributed by atoms with Gasteiger partial charge < -0.3 is 4.90 Å². The second kappa shape index (κ2) is 6.54. The summed E-state index contributed by atoms with van der Waals surface area (Å²) < 4.78 is 0. The number of benzene rings is 3. The Hall–Kier alpha value is -2.58. The van der Waals surface area contributed by atoms with Gasteiger partial charge >= 0.3 is 0 Å². The van der Waals surface area contributed by atoms with Crippen molar-refractivity contribution in [2.24, 2.45) is 0 Å². The minimum absolute atomic E-state index is 0.0861. The molecule has 0 aliphatic carbocycles. The summed E-state index contributed by atoms with van der Waals surface area (Å²) in [5.74, 6) is 0.0861. The highest BCUT2D eigenvalue weighted by Gasteiger charge is 2.39. The molecule has 136 valence electrons. The van der Waals surface area contributed by atoms with Gasteiger partial charge in [-0.15, -0.1) is 0 Å². The molecule has 4 rings (SSSR count). The topological polar surface area (TPSA) is 20.3 Å². The predicted molar refractivity (Wildman–Crippen MR) is 113 cm³/mol. The van der Waals surface area contributed by atoms with Crippen LogP contribution < -0.4 is 0 Å². The minimum atomic E-state index is -0.442. The molecule has 1 aliphatic heterocycles. The Morgan fingerprint density at radius 3 is 2.44 bits per heavy atom. The van der Waals surface area contributed by atoms with E-state index in [2.05, 4.69) is 38.1 Å². The molecule has 1 aliphatic rings. The number of fused-ring (bicyclic) bond motifs is 1. The van der Waals surface area contributed by atoms with Crippen LogP contribution in [0, 0.1) is 0 Å². The molecule has 0 radical (unpaired) electrons. The van der Waals surface area contributed by atoms with E-state index in [9.17, 15) is 4.79 Å². The number of amides is 1. The van der Waals surface area contributed by atoms with E-state index in [-0.39, 0.29) is 5.91 Å². The Labute approximate surface area is 165 Å². The number of carbonyl (C=O) groups is 1. The highest BCUT2D eigenvalue weighted by molar-refractivity contribution is 6.35. The first kappa shape index (κ1) is 17.8. The molecule has 0 aromatic heterocycles. The quantitative estimate of drug-likeness (QED) is 0.546. The highest BCUT2D eigenvalue weighted by atomic mass is 35.5. The molecule has 0 saturated heterocycles. The van der Waals surface area contributed by atoms with Gasteiger partial charge in [0.1, 0.15) is 0 Å². The fourth-order valence-corrected chi connectivity index (χ4v) is 4.14. The van der Waals surface area contributed by atoms with Crippen LogP contribution in [0.25, 0.3) is 16.3 Å². The zero-order chi connectivity index (χ0) is 19.2. The number of rotatable bonds is 3. The Bertz CT molecular complexity index is 1070. The van der Waals surface area contributed by atoms with Crippen molar-refractivity contribution in [2.75, 3.05) is 6.54 Å². The van der Waals surface area contributed by atoms with Gasteiger partial charge in [0.2, 0.25) is 0 Å². The number of hydrogen-bond donors (Lipinski definition) is 0. The Kier molecular flexibility index (Phi) is 4.32. The molecule has 3 heteroatoms. The van der Waals surface area contributed by atoms with E-state index in [1.54, 1.807) is 0 Å². The van der Waals surface area contributed by atoms with Gasteiger partial charge in [0.05, 0.1) is 5.54 Å². The fraction of sp³-hybridized carbons (Fsp3) is 0.208. The van der Waals surface area contributed by atoms with Crippen LogP contribution in [-0.4, -0.2) is 17.4 Å². The third-order valence-corrected chi connectivity index (χ3v) is 5.88. The molecular formula is C24H22ClNO. The molecule has 1 heterocycles. The largest absolute Gasteiger partial charge is 0.325 e. The van der Waals surface area contributed by atoms with Crippen molar-refractivity contribution in [3.8, 4) is 0 Å². The van der Waals surface area contributed by atoms with Gasteiger partial charge in [-0.2, -0.15) is 0 Å². The van der Waals surface area contributed by atoms with E-state index in [1.165, 1.54) is 0 Å². The third-order valence-electron chi connectivity index (χ3n) is 5.55. The van der Waals surface area contributed by atoms with Crippen LogP contribution in [0.3, 0.4) is 0 Å². The fourth-order valence-electron chi connectivity index (χ4n) is 3.90. The molecule has 0 unspecified atom stereocenters. The summed E-state index contributed by atoms with van der Waals surface area (Å²) >= 11 is 6.41. The highest BCUT2D eigenvalue weighted by Crippen LogP contribution is 2.38. The molecule has 3 aromatic rings. The molecule has 0 fully saturated rings. The Morgan fingerprint density at radius 1 is 0.963 bits per heavy atom. The Balaban J connectivity index is 1.73. The maximum absolute atomic E-state index is 13.3. The van der Waals surface area contributed by atoms with E-state index in [4.69, 9.17) is 11.6 Å². The zero-order valence-corrected chi connectivity index (χ0v) is 16.5. The van der Waals surface area contributed by atoms with E-state index in [0.717, 1.165) is 38.1 Å². The van der Waals surface area contributed by atoms with Crippen LogP contribution in [0.15, 0.2) is 72.3 Å². The Morgan fingerprint density at radius 2 is 1.70 bits per heavy atom. The van der Waals surface area contributed by atoms with Crippen molar-refractivity contribution in [3.05, 3.63) is 88.5 Å². The molecule has 2 nitrogen and oxygen atoms in total. The van der Waals surface area contributed by atoms with Crippen LogP contribution in [0.1, 0.15) is 31.9 Å². The summed E-state index contributed by atoms with van der Waals surface area (Å²) in [7, 11) is 0. The molecular weight excluding hydrogens is 354 g/mol. The second-order valence-corrected chi connectivity index (χ2v) is 8.05. The predicted octanol–water partition coefficient (Wildman–Crippen LogP) is 6.04. The van der Waals surface area contributed by atoms with Crippen molar-refractivity contribution in [2.45, 2.75) is 26.3 Å². The van der Waals surface area contributed by atoms with Gasteiger partial charge in [-0.25, -0.2) is 0 Å². The zero-order valence-electron chi connectivity index (χ0n) is 15.8. The maximum atomic E-state index is 13.3. The number of nitrogens with zero attached hydrogens (tertiary/aromatic N) is 1. The first-order valence-electron chi connectivity index (χ1n) is 9.15. The summed E-state index contributed by atoms with van der Waals surface area (Å²) in [6.45, 7) is 6.89. The number of hydrogen-bond acceptors (Lipinski definition) is 1. The van der Waals surface area contributed by atoms with E-state index in [0.29, 0.717) is 6.54 Å². The van der Waals surface area contributed by atoms with Crippen molar-refractivity contribution >= 4 is 33.9 Å². The van der Waals surface area contributed by atoms with Gasteiger partial charge in [-0.3, -0.25) is 4.79 Å². The second-order valence-electron chi connectivity index (χ2n) is 7.65. The van der Waals surface area contributed by atoms with Gasteiger partial charge in [0.25, 0.3) is 5.91 Å². The summed E-state index contributed by atoms with van der Waals surface area (Å²) in [5.41, 5.74) is 3.56. The normalized spacial score (nSPS) is 15.1. The molecule has 0 N–H and O–H groups in total. The molecule has 27 heavy (non-hydrogen) atoms. The summed E-state index contributed by atoms with van der Waals surface area (Å²) in [6.07, 6.45) is 0. The molecule has 0 saturated carbocycles. The maximum Gasteiger partial charge on any atom is 0.255 e. The van der Waals surface area contributed by atoms with Gasteiger partial charge in [-0.05, 0) is 55.0 Å². The van der Waals surface area contributed by atoms with E-state index in [1.807, 2.05) is 54.3 Å². The molecule has 0 spiro atoms. The smallest absolute Gasteiger partial charge is 0.255 e. The molecule has 3 aromatic carbocycles. The van der Waals surface area contributed by atoms with Crippen LogP contribution in [0.2, 0.25) is 5.02 Å². The van der Waals surface area contributed by atoms with Gasteiger partial charge in [-0.1, -0.05) is 66.2 Å². The van der Waals surface area contributed by atoms with Crippen molar-refractivity contribution in [1.82, 2.24) is 4.90 Å². The van der Waals surface area contributed by atoms with Crippen molar-refractivity contribution in [3.63, 3.8) is 0 Å². The summed E-state index contributed by atoms with van der Waals surface area (Å²) in [5, 5.41) is 2.86. The molecule has 0 bridgehead atoms. The van der Waals surface area contributed by atoms with Gasteiger partial charge in [0, 0.05) is 22.5 Å². The van der Waals surface area contributed by atoms with Crippen molar-refractivity contribution < 1.29 is 4.79 Å². The average Bonchev–Trinajstić information content (AvgIpc) is 2.97. The first-order chi connectivity index (χ1) is 12.9. The van der Waals surface area contributed by atoms with E-state index < -0.39 is 5.54 Å². The monoisotopic (exact) mass is 375 g/mol. The summed E-state index contributed by atoms with van der Waals surface area (Å²) in [6, 6.07) is 22.1. The molecule has 0 atom stereocenters. The minimum Gasteiger partial charge on any atom is -0.325 e. The summed E-state index contributed by atoms with van der Waals surface area (Å²) in [4.78, 5) is 15.3. The number of halogens is 1. The van der Waals surface area contributed by atoms with Gasteiger partial charge in [0.15, 0.2) is 0 Å². The lowest BCUT2D eigenvalue weighted by Crippen LogP contribution is -2.43. The molecule has 1 amide bonds. The van der Waals surface area contributed by atoms with Crippen LogP contribution in [0.4, 0.5) is 0 Å². The lowest BCUT2D eigenvalue weighted by molar-refractivity contribution is -0.128. The first-order valence-corrected chi connectivity index (χ1v) is 9.53.